The zero-order valence-electron chi connectivity index (χ0n) is 16.3. The van der Waals surface area contributed by atoms with Crippen LogP contribution in [0.1, 0.15) is 23.2 Å². The molecule has 2 aromatic rings. The Labute approximate surface area is 174 Å². The van der Waals surface area contributed by atoms with Crippen molar-refractivity contribution in [2.45, 2.75) is 12.8 Å². The van der Waals surface area contributed by atoms with Gasteiger partial charge < -0.3 is 15.0 Å². The van der Waals surface area contributed by atoms with Gasteiger partial charge in [-0.15, -0.1) is 0 Å². The summed E-state index contributed by atoms with van der Waals surface area (Å²) in [5, 5.41) is 2.53. The number of amides is 2. The fourth-order valence-electron chi connectivity index (χ4n) is 3.09. The van der Waals surface area contributed by atoms with E-state index in [2.05, 4.69) is 14.8 Å². The number of nitrogens with zero attached hydrogens (tertiary/aromatic N) is 1. The molecule has 1 saturated heterocycles. The zero-order valence-corrected chi connectivity index (χ0v) is 17.1. The number of anilines is 3. The second kappa shape index (κ2) is 8.95. The molecule has 10 heteroatoms. The first-order valence-electron chi connectivity index (χ1n) is 9.16. The number of carbonyl (C=O) groups is 3. The van der Waals surface area contributed by atoms with Crippen LogP contribution in [0.15, 0.2) is 48.5 Å². The molecular formula is C20H21N3O6S. The second-order valence-electron chi connectivity index (χ2n) is 6.68. The molecule has 1 aliphatic rings. The van der Waals surface area contributed by atoms with Gasteiger partial charge in [0.05, 0.1) is 12.7 Å². The number of methoxy groups -OCH3 is 1. The van der Waals surface area contributed by atoms with Gasteiger partial charge in [0.2, 0.25) is 21.8 Å². The lowest BCUT2D eigenvalue weighted by Crippen LogP contribution is -2.28. The van der Waals surface area contributed by atoms with Gasteiger partial charge in [0.1, 0.15) is 5.75 Å². The minimum atomic E-state index is -4.02. The van der Waals surface area contributed by atoms with E-state index in [1.165, 1.54) is 31.4 Å². The fraction of sp³-hybridized carbons (Fsp3) is 0.250. The average molecular weight is 431 g/mol. The third-order valence-corrected chi connectivity index (χ3v) is 5.58. The van der Waals surface area contributed by atoms with Crippen molar-refractivity contribution in [1.29, 1.82) is 0 Å². The van der Waals surface area contributed by atoms with Gasteiger partial charge in [-0.1, -0.05) is 12.1 Å². The number of sulfonamides is 1. The van der Waals surface area contributed by atoms with Crippen molar-refractivity contribution in [3.8, 4) is 0 Å². The van der Waals surface area contributed by atoms with Crippen LogP contribution in [-0.4, -0.2) is 45.6 Å². The summed E-state index contributed by atoms with van der Waals surface area (Å²) >= 11 is 0. The number of nitrogens with one attached hydrogen (secondary N) is 2. The predicted molar refractivity (Wildman–Crippen MR) is 112 cm³/mol. The maximum absolute atomic E-state index is 12.3. The molecule has 0 aromatic heterocycles. The summed E-state index contributed by atoms with van der Waals surface area (Å²) in [7, 11) is -2.80. The molecule has 0 saturated carbocycles. The molecule has 1 fully saturated rings. The van der Waals surface area contributed by atoms with Crippen LogP contribution in [0, 0.1) is 0 Å². The topological polar surface area (TPSA) is 122 Å². The Morgan fingerprint density at radius 2 is 1.83 bits per heavy atom. The third-order valence-electron chi connectivity index (χ3n) is 4.39. The Hall–Kier alpha value is -3.40. The summed E-state index contributed by atoms with van der Waals surface area (Å²) in [5.41, 5.74) is 1.35. The van der Waals surface area contributed by atoms with Gasteiger partial charge >= 0.3 is 5.97 Å². The van der Waals surface area contributed by atoms with Gasteiger partial charge in [-0.3, -0.25) is 14.3 Å². The molecule has 0 radical (unpaired) electrons. The molecule has 2 aromatic carbocycles. The van der Waals surface area contributed by atoms with Crippen LogP contribution in [0.3, 0.4) is 0 Å². The zero-order chi connectivity index (χ0) is 21.7. The van der Waals surface area contributed by atoms with Crippen molar-refractivity contribution in [3.05, 3.63) is 54.1 Å². The van der Waals surface area contributed by atoms with E-state index in [-0.39, 0.29) is 17.2 Å². The molecule has 0 unspecified atom stereocenters. The van der Waals surface area contributed by atoms with Crippen molar-refractivity contribution in [2.75, 3.05) is 34.3 Å². The summed E-state index contributed by atoms with van der Waals surface area (Å²) in [6.45, 7) is 0.610. The number of carbonyl (C=O) groups excluding carboxylic acids is 3. The Bertz CT molecular complexity index is 1080. The second-order valence-corrected chi connectivity index (χ2v) is 8.40. The standard InChI is InChI=1S/C20H21N3O6S/c1-29-20(26)14-5-2-7-16(11-14)22-30(27,28)13-18(24)21-15-6-3-8-17(12-15)23-10-4-9-19(23)25/h2-3,5-8,11-12,22H,4,9-10,13H2,1H3,(H,21,24). The van der Waals surface area contributed by atoms with Crippen LogP contribution in [0.2, 0.25) is 0 Å². The summed E-state index contributed by atoms with van der Waals surface area (Å²) < 4.78 is 31.5. The molecule has 0 atom stereocenters. The van der Waals surface area contributed by atoms with Crippen molar-refractivity contribution in [2.24, 2.45) is 0 Å². The Kier molecular flexibility index (Phi) is 6.36. The Morgan fingerprint density at radius 3 is 2.53 bits per heavy atom. The van der Waals surface area contributed by atoms with E-state index in [9.17, 15) is 22.8 Å². The largest absolute Gasteiger partial charge is 0.465 e. The van der Waals surface area contributed by atoms with Gasteiger partial charge in [-0.2, -0.15) is 0 Å². The number of ether oxygens (including phenoxy) is 1. The third kappa shape index (κ3) is 5.35. The maximum Gasteiger partial charge on any atom is 0.337 e. The van der Waals surface area contributed by atoms with E-state index in [1.807, 2.05) is 0 Å². The monoisotopic (exact) mass is 431 g/mol. The highest BCUT2D eigenvalue weighted by atomic mass is 32.2. The molecule has 0 bridgehead atoms. The molecule has 3 rings (SSSR count). The first-order chi connectivity index (χ1) is 14.3. The van der Waals surface area contributed by atoms with Crippen molar-refractivity contribution >= 4 is 44.9 Å². The summed E-state index contributed by atoms with van der Waals surface area (Å²) in [5.74, 6) is -2.15. The van der Waals surface area contributed by atoms with Gasteiger partial charge in [-0.25, -0.2) is 13.2 Å². The molecule has 2 N–H and O–H groups in total. The van der Waals surface area contributed by atoms with Crippen LogP contribution in [0.25, 0.3) is 0 Å². The van der Waals surface area contributed by atoms with Gasteiger partial charge in [0.15, 0.2) is 0 Å². The lowest BCUT2D eigenvalue weighted by Gasteiger charge is -2.17. The normalized spacial score (nSPS) is 13.8. The minimum Gasteiger partial charge on any atom is -0.465 e. The van der Waals surface area contributed by atoms with Gasteiger partial charge in [0, 0.05) is 30.0 Å². The number of hydrogen-bond acceptors (Lipinski definition) is 6. The highest BCUT2D eigenvalue weighted by Gasteiger charge is 2.22. The highest BCUT2D eigenvalue weighted by Crippen LogP contribution is 2.24. The molecule has 0 aliphatic carbocycles. The van der Waals surface area contributed by atoms with Crippen LogP contribution in [0.5, 0.6) is 0 Å². The molecule has 9 nitrogen and oxygen atoms in total. The lowest BCUT2D eigenvalue weighted by atomic mass is 10.2. The first-order valence-corrected chi connectivity index (χ1v) is 10.8. The van der Waals surface area contributed by atoms with Crippen molar-refractivity contribution < 1.29 is 27.5 Å². The first kappa shape index (κ1) is 21.3. The van der Waals surface area contributed by atoms with E-state index < -0.39 is 27.7 Å². The van der Waals surface area contributed by atoms with Crippen LogP contribution >= 0.6 is 0 Å². The number of esters is 1. The van der Waals surface area contributed by atoms with E-state index in [4.69, 9.17) is 0 Å². The summed E-state index contributed by atoms with van der Waals surface area (Å²) in [6, 6.07) is 12.4. The van der Waals surface area contributed by atoms with Crippen LogP contribution < -0.4 is 14.9 Å². The van der Waals surface area contributed by atoms with Gasteiger partial charge in [-0.05, 0) is 42.8 Å². The summed E-state index contributed by atoms with van der Waals surface area (Å²) in [6.07, 6.45) is 1.26. The fourth-order valence-corrected chi connectivity index (χ4v) is 4.06. The smallest absolute Gasteiger partial charge is 0.337 e. The molecule has 30 heavy (non-hydrogen) atoms. The highest BCUT2D eigenvalue weighted by molar-refractivity contribution is 7.93. The number of rotatable bonds is 7. The SMILES string of the molecule is COC(=O)c1cccc(NS(=O)(=O)CC(=O)Nc2cccc(N3CCCC3=O)c2)c1. The lowest BCUT2D eigenvalue weighted by molar-refractivity contribution is -0.117. The van der Waals surface area contributed by atoms with Crippen LogP contribution in [0.4, 0.5) is 17.1 Å². The van der Waals surface area contributed by atoms with E-state index >= 15 is 0 Å². The van der Waals surface area contributed by atoms with Gasteiger partial charge in [0.25, 0.3) is 0 Å². The van der Waals surface area contributed by atoms with Crippen molar-refractivity contribution in [3.63, 3.8) is 0 Å². The van der Waals surface area contributed by atoms with Crippen LogP contribution in [-0.2, 0) is 24.3 Å². The quantitative estimate of drug-likeness (QED) is 0.647. The molecule has 1 aliphatic heterocycles. The number of hydrogen-bond donors (Lipinski definition) is 2. The molecular weight excluding hydrogens is 410 g/mol. The molecule has 158 valence electrons. The molecule has 1 heterocycles. The predicted octanol–water partition coefficient (Wildman–Crippen LogP) is 1.98. The molecule has 0 spiro atoms. The summed E-state index contributed by atoms with van der Waals surface area (Å²) in [4.78, 5) is 37.3. The number of benzene rings is 2. The average Bonchev–Trinajstić information content (AvgIpc) is 3.12. The molecule has 2 amide bonds. The minimum absolute atomic E-state index is 0.0134. The Balaban J connectivity index is 1.64. The van der Waals surface area contributed by atoms with Crippen molar-refractivity contribution in [1.82, 2.24) is 0 Å². The van der Waals surface area contributed by atoms with E-state index in [0.29, 0.717) is 24.3 Å². The maximum atomic E-state index is 12.3. The Morgan fingerprint density at radius 1 is 1.10 bits per heavy atom. The van der Waals surface area contributed by atoms with E-state index in [1.54, 1.807) is 29.2 Å². The van der Waals surface area contributed by atoms with E-state index in [0.717, 1.165) is 6.42 Å².